The first kappa shape index (κ1) is 12.0. The molecule has 0 aromatic rings. The summed E-state index contributed by atoms with van der Waals surface area (Å²) in [5.74, 6) is 1.65. The third-order valence-electron chi connectivity index (χ3n) is 4.00. The van der Waals surface area contributed by atoms with E-state index in [1.54, 1.807) is 0 Å². The molecule has 0 radical (unpaired) electrons. The van der Waals surface area contributed by atoms with Crippen molar-refractivity contribution in [3.05, 3.63) is 0 Å². The van der Waals surface area contributed by atoms with Gasteiger partial charge in [-0.2, -0.15) is 0 Å². The fourth-order valence-corrected chi connectivity index (χ4v) is 3.79. The van der Waals surface area contributed by atoms with Crippen molar-refractivity contribution in [1.82, 2.24) is 4.90 Å². The summed E-state index contributed by atoms with van der Waals surface area (Å²) in [6.45, 7) is 16.6. The molecular formula is C13H27N. The minimum atomic E-state index is 0.377. The highest BCUT2D eigenvalue weighted by Gasteiger charge is 2.47. The van der Waals surface area contributed by atoms with Gasteiger partial charge in [-0.15, -0.1) is 0 Å². The Kier molecular flexibility index (Phi) is 3.30. The molecule has 14 heavy (non-hydrogen) atoms. The average molecular weight is 197 g/mol. The van der Waals surface area contributed by atoms with Gasteiger partial charge in [-0.3, -0.25) is 4.90 Å². The van der Waals surface area contributed by atoms with E-state index in [4.69, 9.17) is 0 Å². The highest BCUT2D eigenvalue weighted by molar-refractivity contribution is 5.01. The van der Waals surface area contributed by atoms with E-state index >= 15 is 0 Å². The lowest BCUT2D eigenvalue weighted by Crippen LogP contribution is -2.49. The standard InChI is InChI=1S/C13H27N/c1-9(2)12-8-11(5)14(10(3)4)13(12,6)7/h9-12H,8H2,1-7H3. The second-order valence-corrected chi connectivity index (χ2v) is 6.09. The summed E-state index contributed by atoms with van der Waals surface area (Å²) in [5.41, 5.74) is 0.377. The lowest BCUT2D eigenvalue weighted by Gasteiger charge is -2.41. The molecule has 0 aromatic carbocycles. The second-order valence-electron chi connectivity index (χ2n) is 6.09. The molecule has 0 N–H and O–H groups in total. The normalized spacial score (nSPS) is 33.2. The minimum Gasteiger partial charge on any atom is -0.293 e. The zero-order chi connectivity index (χ0) is 11.1. The first-order valence-electron chi connectivity index (χ1n) is 6.07. The van der Waals surface area contributed by atoms with E-state index in [-0.39, 0.29) is 0 Å². The van der Waals surface area contributed by atoms with Crippen LogP contribution in [0.1, 0.15) is 54.9 Å². The maximum Gasteiger partial charge on any atom is 0.0189 e. The summed E-state index contributed by atoms with van der Waals surface area (Å²) in [4.78, 5) is 2.69. The third kappa shape index (κ3) is 1.84. The molecule has 2 atom stereocenters. The van der Waals surface area contributed by atoms with E-state index in [1.807, 2.05) is 0 Å². The summed E-state index contributed by atoms with van der Waals surface area (Å²) in [6.07, 6.45) is 1.36. The van der Waals surface area contributed by atoms with E-state index in [0.29, 0.717) is 11.6 Å². The maximum atomic E-state index is 2.69. The van der Waals surface area contributed by atoms with Gasteiger partial charge in [0.1, 0.15) is 0 Å². The Hall–Kier alpha value is -0.0400. The smallest absolute Gasteiger partial charge is 0.0189 e. The van der Waals surface area contributed by atoms with Crippen molar-refractivity contribution in [2.75, 3.05) is 0 Å². The minimum absolute atomic E-state index is 0.377. The van der Waals surface area contributed by atoms with E-state index in [0.717, 1.165) is 17.9 Å². The largest absolute Gasteiger partial charge is 0.293 e. The van der Waals surface area contributed by atoms with Gasteiger partial charge in [-0.25, -0.2) is 0 Å². The number of nitrogens with zero attached hydrogens (tertiary/aromatic N) is 1. The maximum absolute atomic E-state index is 2.69. The fourth-order valence-electron chi connectivity index (χ4n) is 3.79. The lowest BCUT2D eigenvalue weighted by molar-refractivity contribution is 0.0659. The van der Waals surface area contributed by atoms with E-state index < -0.39 is 0 Å². The van der Waals surface area contributed by atoms with Crippen LogP contribution in [0.4, 0.5) is 0 Å². The van der Waals surface area contributed by atoms with Gasteiger partial charge < -0.3 is 0 Å². The Labute approximate surface area is 89.9 Å². The molecule has 0 bridgehead atoms. The van der Waals surface area contributed by atoms with Crippen molar-refractivity contribution >= 4 is 0 Å². The van der Waals surface area contributed by atoms with E-state index in [1.165, 1.54) is 6.42 Å². The Balaban J connectivity index is 2.90. The van der Waals surface area contributed by atoms with Crippen LogP contribution < -0.4 is 0 Å². The molecule has 1 rings (SSSR count). The van der Waals surface area contributed by atoms with Crippen LogP contribution in [0.3, 0.4) is 0 Å². The van der Waals surface area contributed by atoms with Crippen molar-refractivity contribution in [2.24, 2.45) is 11.8 Å². The van der Waals surface area contributed by atoms with Crippen molar-refractivity contribution in [2.45, 2.75) is 72.5 Å². The zero-order valence-electron chi connectivity index (χ0n) is 11.0. The van der Waals surface area contributed by atoms with Crippen LogP contribution in [-0.4, -0.2) is 22.5 Å². The van der Waals surface area contributed by atoms with Crippen LogP contribution in [0.25, 0.3) is 0 Å². The molecule has 0 aromatic heterocycles. The predicted molar refractivity (Wildman–Crippen MR) is 63.5 cm³/mol. The summed E-state index contributed by atoms with van der Waals surface area (Å²) in [7, 11) is 0. The Morgan fingerprint density at radius 1 is 1.14 bits per heavy atom. The highest BCUT2D eigenvalue weighted by atomic mass is 15.3. The molecule has 2 unspecified atom stereocenters. The summed E-state index contributed by atoms with van der Waals surface area (Å²) >= 11 is 0. The first-order chi connectivity index (χ1) is 6.28. The third-order valence-corrected chi connectivity index (χ3v) is 4.00. The van der Waals surface area contributed by atoms with Crippen molar-refractivity contribution in [3.63, 3.8) is 0 Å². The number of rotatable bonds is 2. The molecule has 1 saturated heterocycles. The molecule has 0 spiro atoms. The molecule has 84 valence electrons. The lowest BCUT2D eigenvalue weighted by atomic mass is 9.80. The molecule has 0 amide bonds. The van der Waals surface area contributed by atoms with Gasteiger partial charge in [0, 0.05) is 17.6 Å². The zero-order valence-corrected chi connectivity index (χ0v) is 11.0. The first-order valence-corrected chi connectivity index (χ1v) is 6.07. The SMILES string of the molecule is CC(C)C1CC(C)N(C(C)C)C1(C)C. The van der Waals surface area contributed by atoms with Crippen LogP contribution in [0.5, 0.6) is 0 Å². The second kappa shape index (κ2) is 3.84. The molecule has 1 heterocycles. The monoisotopic (exact) mass is 197 g/mol. The fraction of sp³-hybridized carbons (Fsp3) is 1.00. The van der Waals surface area contributed by atoms with Crippen LogP contribution in [0.2, 0.25) is 0 Å². The van der Waals surface area contributed by atoms with Gasteiger partial charge in [0.2, 0.25) is 0 Å². The van der Waals surface area contributed by atoms with Gasteiger partial charge in [-0.05, 0) is 52.9 Å². The van der Waals surface area contributed by atoms with E-state index in [9.17, 15) is 0 Å². The van der Waals surface area contributed by atoms with Crippen molar-refractivity contribution < 1.29 is 0 Å². The Morgan fingerprint density at radius 3 is 1.86 bits per heavy atom. The van der Waals surface area contributed by atoms with Gasteiger partial charge in [-0.1, -0.05) is 13.8 Å². The molecular weight excluding hydrogens is 170 g/mol. The van der Waals surface area contributed by atoms with Crippen LogP contribution >= 0.6 is 0 Å². The number of hydrogen-bond donors (Lipinski definition) is 0. The van der Waals surface area contributed by atoms with Crippen LogP contribution in [0.15, 0.2) is 0 Å². The van der Waals surface area contributed by atoms with Crippen LogP contribution in [-0.2, 0) is 0 Å². The van der Waals surface area contributed by atoms with Gasteiger partial charge >= 0.3 is 0 Å². The molecule has 1 nitrogen and oxygen atoms in total. The average Bonchev–Trinajstić information content (AvgIpc) is 2.20. The quantitative estimate of drug-likeness (QED) is 0.654. The molecule has 1 heteroatoms. The Morgan fingerprint density at radius 2 is 1.64 bits per heavy atom. The number of likely N-dealkylation sites (tertiary alicyclic amines) is 1. The molecule has 1 aliphatic rings. The molecule has 0 aliphatic carbocycles. The van der Waals surface area contributed by atoms with Gasteiger partial charge in [0.05, 0.1) is 0 Å². The topological polar surface area (TPSA) is 3.24 Å². The molecule has 0 saturated carbocycles. The molecule has 1 aliphatic heterocycles. The van der Waals surface area contributed by atoms with Crippen LogP contribution in [0, 0.1) is 11.8 Å². The summed E-state index contributed by atoms with van der Waals surface area (Å²) in [5, 5.41) is 0. The van der Waals surface area contributed by atoms with Gasteiger partial charge in [0.15, 0.2) is 0 Å². The van der Waals surface area contributed by atoms with Gasteiger partial charge in [0.25, 0.3) is 0 Å². The summed E-state index contributed by atoms with van der Waals surface area (Å²) in [6, 6.07) is 1.42. The van der Waals surface area contributed by atoms with Crippen molar-refractivity contribution in [3.8, 4) is 0 Å². The molecule has 1 fully saturated rings. The predicted octanol–water partition coefficient (Wildman–Crippen LogP) is 3.54. The highest BCUT2D eigenvalue weighted by Crippen LogP contribution is 2.43. The van der Waals surface area contributed by atoms with Crippen molar-refractivity contribution in [1.29, 1.82) is 0 Å². The Bertz CT molecular complexity index is 193. The number of hydrogen-bond acceptors (Lipinski definition) is 1. The van der Waals surface area contributed by atoms with E-state index in [2.05, 4.69) is 53.4 Å². The summed E-state index contributed by atoms with van der Waals surface area (Å²) < 4.78 is 0.